The number of fused-ring (bicyclic) bond motifs is 1. The summed E-state index contributed by atoms with van der Waals surface area (Å²) < 4.78 is 57.2. The summed E-state index contributed by atoms with van der Waals surface area (Å²) in [6.07, 6.45) is -2.17. The maximum absolute atomic E-state index is 13.7. The van der Waals surface area contributed by atoms with E-state index in [-0.39, 0.29) is 36.9 Å². The van der Waals surface area contributed by atoms with Crippen LogP contribution in [0.1, 0.15) is 65.3 Å². The lowest BCUT2D eigenvalue weighted by Crippen LogP contribution is -2.40. The van der Waals surface area contributed by atoms with Gasteiger partial charge < -0.3 is 9.47 Å². The molecule has 0 N–H and O–H groups in total. The smallest absolute Gasteiger partial charge is 0.350 e. The third-order valence-electron chi connectivity index (χ3n) is 6.53. The molecule has 3 aromatic heterocycles. The number of aryl methyl sites for hydroxylation is 1. The lowest BCUT2D eigenvalue weighted by atomic mass is 10.1. The number of benzene rings is 1. The van der Waals surface area contributed by atoms with Gasteiger partial charge in [0.15, 0.2) is 17.5 Å². The average Bonchev–Trinajstić information content (AvgIpc) is 3.51. The number of imidazole rings is 1. The first-order valence-corrected chi connectivity index (χ1v) is 13.6. The SMILES string of the molecule is CCCn1c(=O)c2c(nc(-c3cnn(Cc4cccc(C(F)(F)F)c4)c3)n2C(C)OC(C)OC(C)C)n(CC)c1=O. The van der Waals surface area contributed by atoms with Gasteiger partial charge in [0.05, 0.1) is 30.0 Å². The van der Waals surface area contributed by atoms with Crippen LogP contribution in [0.15, 0.2) is 46.2 Å². The summed E-state index contributed by atoms with van der Waals surface area (Å²) >= 11 is 0. The molecule has 222 valence electrons. The van der Waals surface area contributed by atoms with Crippen molar-refractivity contribution in [2.75, 3.05) is 0 Å². The third kappa shape index (κ3) is 6.30. The van der Waals surface area contributed by atoms with Gasteiger partial charge in [-0.25, -0.2) is 9.78 Å². The number of halogens is 3. The van der Waals surface area contributed by atoms with Gasteiger partial charge >= 0.3 is 11.9 Å². The Hall–Kier alpha value is -3.71. The van der Waals surface area contributed by atoms with E-state index in [9.17, 15) is 22.8 Å². The van der Waals surface area contributed by atoms with Gasteiger partial charge in [0.2, 0.25) is 0 Å². The van der Waals surface area contributed by atoms with Crippen molar-refractivity contribution in [2.45, 2.75) is 92.4 Å². The molecule has 3 heterocycles. The van der Waals surface area contributed by atoms with E-state index in [1.54, 1.807) is 37.6 Å². The molecular formula is C28H35F3N6O4. The molecule has 0 saturated carbocycles. The molecule has 13 heteroatoms. The summed E-state index contributed by atoms with van der Waals surface area (Å²) in [5, 5.41) is 4.34. The maximum atomic E-state index is 13.7. The van der Waals surface area contributed by atoms with Crippen molar-refractivity contribution in [2.24, 2.45) is 0 Å². The fraction of sp³-hybridized carbons (Fsp3) is 0.500. The van der Waals surface area contributed by atoms with E-state index in [4.69, 9.17) is 14.5 Å². The summed E-state index contributed by atoms with van der Waals surface area (Å²) in [6, 6.07) is 5.05. The van der Waals surface area contributed by atoms with E-state index in [0.29, 0.717) is 23.4 Å². The summed E-state index contributed by atoms with van der Waals surface area (Å²) in [6.45, 7) is 11.5. The highest BCUT2D eigenvalue weighted by molar-refractivity contribution is 5.77. The lowest BCUT2D eigenvalue weighted by Gasteiger charge is -2.23. The zero-order valence-electron chi connectivity index (χ0n) is 24.0. The Kier molecular flexibility index (Phi) is 8.88. The molecular weight excluding hydrogens is 541 g/mol. The fourth-order valence-electron chi connectivity index (χ4n) is 4.87. The summed E-state index contributed by atoms with van der Waals surface area (Å²) in [5.41, 5.74) is -0.353. The number of hydrogen-bond donors (Lipinski definition) is 0. The van der Waals surface area contributed by atoms with Crippen molar-refractivity contribution >= 4 is 11.2 Å². The lowest BCUT2D eigenvalue weighted by molar-refractivity contribution is -0.190. The minimum absolute atomic E-state index is 0.0818. The second kappa shape index (κ2) is 12.0. The number of alkyl halides is 3. The Bertz CT molecular complexity index is 1630. The van der Waals surface area contributed by atoms with Gasteiger partial charge in [-0.1, -0.05) is 19.1 Å². The zero-order valence-corrected chi connectivity index (χ0v) is 24.0. The van der Waals surface area contributed by atoms with Gasteiger partial charge in [0, 0.05) is 19.3 Å². The van der Waals surface area contributed by atoms with Crippen molar-refractivity contribution in [1.82, 2.24) is 28.5 Å². The molecule has 2 unspecified atom stereocenters. The van der Waals surface area contributed by atoms with Crippen LogP contribution in [0.25, 0.3) is 22.6 Å². The molecule has 0 radical (unpaired) electrons. The van der Waals surface area contributed by atoms with E-state index in [1.165, 1.54) is 26.1 Å². The van der Waals surface area contributed by atoms with Crippen LogP contribution in [0.2, 0.25) is 0 Å². The molecule has 0 aliphatic carbocycles. The highest BCUT2D eigenvalue weighted by Crippen LogP contribution is 2.31. The first kappa shape index (κ1) is 30.3. The van der Waals surface area contributed by atoms with Gasteiger partial charge in [-0.2, -0.15) is 18.3 Å². The van der Waals surface area contributed by atoms with E-state index in [1.807, 2.05) is 20.8 Å². The molecule has 0 fully saturated rings. The van der Waals surface area contributed by atoms with E-state index < -0.39 is 35.5 Å². The van der Waals surface area contributed by atoms with Crippen LogP contribution in [0.3, 0.4) is 0 Å². The Balaban J connectivity index is 1.85. The third-order valence-corrected chi connectivity index (χ3v) is 6.53. The molecule has 0 aliphatic rings. The number of nitrogens with zero attached hydrogens (tertiary/aromatic N) is 6. The number of ether oxygens (including phenoxy) is 2. The quantitative estimate of drug-likeness (QED) is 0.233. The highest BCUT2D eigenvalue weighted by atomic mass is 19.4. The van der Waals surface area contributed by atoms with Crippen LogP contribution in [0.5, 0.6) is 0 Å². The minimum Gasteiger partial charge on any atom is -0.350 e. The molecule has 0 bridgehead atoms. The van der Waals surface area contributed by atoms with Crippen molar-refractivity contribution in [3.8, 4) is 11.4 Å². The van der Waals surface area contributed by atoms with Crippen molar-refractivity contribution in [3.05, 3.63) is 68.6 Å². The van der Waals surface area contributed by atoms with Crippen LogP contribution >= 0.6 is 0 Å². The van der Waals surface area contributed by atoms with Crippen LogP contribution in [-0.4, -0.2) is 40.9 Å². The molecule has 0 saturated heterocycles. The van der Waals surface area contributed by atoms with Crippen molar-refractivity contribution < 1.29 is 22.6 Å². The summed E-state index contributed by atoms with van der Waals surface area (Å²) in [4.78, 5) is 31.6. The minimum atomic E-state index is -4.46. The van der Waals surface area contributed by atoms with E-state index >= 15 is 0 Å². The summed E-state index contributed by atoms with van der Waals surface area (Å²) in [7, 11) is 0. The van der Waals surface area contributed by atoms with Crippen LogP contribution in [-0.2, 0) is 35.3 Å². The van der Waals surface area contributed by atoms with Crippen LogP contribution in [0, 0.1) is 0 Å². The van der Waals surface area contributed by atoms with Crippen LogP contribution < -0.4 is 11.2 Å². The van der Waals surface area contributed by atoms with Gasteiger partial charge in [-0.05, 0) is 58.7 Å². The molecule has 10 nitrogen and oxygen atoms in total. The first-order valence-electron chi connectivity index (χ1n) is 13.6. The molecule has 2 atom stereocenters. The topological polar surface area (TPSA) is 98.1 Å². The molecule has 0 amide bonds. The molecule has 4 aromatic rings. The Morgan fingerprint density at radius 2 is 1.76 bits per heavy atom. The van der Waals surface area contributed by atoms with Crippen molar-refractivity contribution in [3.63, 3.8) is 0 Å². The molecule has 0 spiro atoms. The van der Waals surface area contributed by atoms with Gasteiger partial charge in [-0.15, -0.1) is 0 Å². The average molecular weight is 577 g/mol. The maximum Gasteiger partial charge on any atom is 0.416 e. The second-order valence-electron chi connectivity index (χ2n) is 10.1. The largest absolute Gasteiger partial charge is 0.416 e. The first-order chi connectivity index (χ1) is 19.3. The summed E-state index contributed by atoms with van der Waals surface area (Å²) in [5.74, 6) is 0.326. The fourth-order valence-corrected chi connectivity index (χ4v) is 4.87. The number of aromatic nitrogens is 6. The number of rotatable bonds is 11. The van der Waals surface area contributed by atoms with E-state index in [2.05, 4.69) is 5.10 Å². The van der Waals surface area contributed by atoms with Gasteiger partial charge in [0.25, 0.3) is 5.56 Å². The highest BCUT2D eigenvalue weighted by Gasteiger charge is 2.30. The monoisotopic (exact) mass is 576 g/mol. The molecule has 1 aromatic carbocycles. The van der Waals surface area contributed by atoms with Crippen LogP contribution in [0.4, 0.5) is 13.2 Å². The Labute approximate surface area is 234 Å². The Morgan fingerprint density at radius 3 is 2.39 bits per heavy atom. The standard InChI is InChI=1S/C28H35F3N6O4/c1-7-12-36-26(38)23-25(35(8-2)27(36)39)33-24(37(23)18(5)41-19(6)40-17(3)4)21-14-32-34(16-21)15-20-10-9-11-22(13-20)28(29,30)31/h9-11,13-14,16-19H,7-8,12,15H2,1-6H3. The normalized spacial score (nSPS) is 13.8. The molecule has 41 heavy (non-hydrogen) atoms. The Morgan fingerprint density at radius 1 is 1.02 bits per heavy atom. The van der Waals surface area contributed by atoms with E-state index in [0.717, 1.165) is 12.1 Å². The molecule has 4 rings (SSSR count). The van der Waals surface area contributed by atoms with Gasteiger partial charge in [0.1, 0.15) is 12.1 Å². The van der Waals surface area contributed by atoms with Crippen molar-refractivity contribution in [1.29, 1.82) is 0 Å². The molecule has 0 aliphatic heterocycles. The zero-order chi connectivity index (χ0) is 30.1. The van der Waals surface area contributed by atoms with Gasteiger partial charge in [-0.3, -0.25) is 23.2 Å². The second-order valence-corrected chi connectivity index (χ2v) is 10.1. The predicted octanol–water partition coefficient (Wildman–Crippen LogP) is 5.03. The predicted molar refractivity (Wildman–Crippen MR) is 147 cm³/mol. The number of hydrogen-bond acceptors (Lipinski definition) is 6.